The average molecular weight is 376 g/mol. The number of nitrogens with one attached hydrogen (secondary N) is 1. The van der Waals surface area contributed by atoms with Crippen LogP contribution in [-0.2, 0) is 10.0 Å². The van der Waals surface area contributed by atoms with Gasteiger partial charge in [0.05, 0.1) is 4.90 Å². The standard InChI is InChI=1S/C21H16N2O3S/c24-27(25,19-8-2-1-3-9-19)23-17-11-13-18(14-12-17)26-20-10-4-6-16-7-5-15-22-21(16)20/h1-15,23H. The predicted octanol–water partition coefficient (Wildman–Crippen LogP) is 4.83. The van der Waals surface area contributed by atoms with Crippen LogP contribution in [0.5, 0.6) is 11.5 Å². The first-order valence-corrected chi connectivity index (χ1v) is 9.80. The van der Waals surface area contributed by atoms with E-state index in [9.17, 15) is 8.42 Å². The van der Waals surface area contributed by atoms with Gasteiger partial charge in [-0.3, -0.25) is 9.71 Å². The summed E-state index contributed by atoms with van der Waals surface area (Å²) in [7, 11) is -3.61. The number of hydrogen-bond donors (Lipinski definition) is 1. The van der Waals surface area contributed by atoms with E-state index in [0.29, 0.717) is 17.2 Å². The molecule has 0 fully saturated rings. The van der Waals surface area contributed by atoms with Crippen molar-refractivity contribution in [3.8, 4) is 11.5 Å². The number of para-hydroxylation sites is 1. The van der Waals surface area contributed by atoms with E-state index in [0.717, 1.165) is 10.9 Å². The largest absolute Gasteiger partial charge is 0.455 e. The molecular formula is C21H16N2O3S. The van der Waals surface area contributed by atoms with Crippen LogP contribution in [0.3, 0.4) is 0 Å². The van der Waals surface area contributed by atoms with E-state index in [4.69, 9.17) is 4.74 Å². The summed E-state index contributed by atoms with van der Waals surface area (Å²) in [4.78, 5) is 4.58. The maximum Gasteiger partial charge on any atom is 0.261 e. The Morgan fingerprint density at radius 2 is 1.52 bits per heavy atom. The van der Waals surface area contributed by atoms with Gasteiger partial charge in [0.25, 0.3) is 10.0 Å². The van der Waals surface area contributed by atoms with Crippen LogP contribution in [0.25, 0.3) is 10.9 Å². The van der Waals surface area contributed by atoms with Crippen molar-refractivity contribution in [2.24, 2.45) is 0 Å². The molecule has 27 heavy (non-hydrogen) atoms. The fraction of sp³-hybridized carbons (Fsp3) is 0. The number of anilines is 1. The average Bonchev–Trinajstić information content (AvgIpc) is 2.70. The molecule has 0 atom stereocenters. The number of nitrogens with zero attached hydrogens (tertiary/aromatic N) is 1. The Kier molecular flexibility index (Phi) is 4.48. The van der Waals surface area contributed by atoms with Gasteiger partial charge in [-0.05, 0) is 48.5 Å². The summed E-state index contributed by atoms with van der Waals surface area (Å²) in [6.07, 6.45) is 1.72. The molecule has 5 nitrogen and oxygen atoms in total. The topological polar surface area (TPSA) is 68.3 Å². The van der Waals surface area contributed by atoms with Crippen LogP contribution in [0.15, 0.2) is 96.0 Å². The van der Waals surface area contributed by atoms with E-state index >= 15 is 0 Å². The van der Waals surface area contributed by atoms with Gasteiger partial charge in [0.1, 0.15) is 11.3 Å². The normalized spacial score (nSPS) is 11.3. The molecule has 1 heterocycles. The molecule has 0 saturated heterocycles. The van der Waals surface area contributed by atoms with E-state index in [-0.39, 0.29) is 4.90 Å². The summed E-state index contributed by atoms with van der Waals surface area (Å²) in [5.41, 5.74) is 1.23. The van der Waals surface area contributed by atoms with Crippen molar-refractivity contribution in [2.45, 2.75) is 4.90 Å². The molecule has 1 aromatic heterocycles. The van der Waals surface area contributed by atoms with Crippen LogP contribution >= 0.6 is 0 Å². The van der Waals surface area contributed by atoms with Gasteiger partial charge in [0, 0.05) is 17.3 Å². The van der Waals surface area contributed by atoms with Gasteiger partial charge in [-0.15, -0.1) is 0 Å². The van der Waals surface area contributed by atoms with Gasteiger partial charge in [-0.25, -0.2) is 8.42 Å². The molecule has 0 spiro atoms. The number of rotatable bonds is 5. The Balaban J connectivity index is 1.54. The maximum absolute atomic E-state index is 12.4. The number of pyridine rings is 1. The van der Waals surface area contributed by atoms with Crippen molar-refractivity contribution in [1.82, 2.24) is 4.98 Å². The molecule has 0 aliphatic carbocycles. The molecule has 0 aliphatic rings. The van der Waals surface area contributed by atoms with Gasteiger partial charge < -0.3 is 4.74 Å². The summed E-state index contributed by atoms with van der Waals surface area (Å²) in [5.74, 6) is 1.24. The monoisotopic (exact) mass is 376 g/mol. The molecule has 0 amide bonds. The van der Waals surface area contributed by atoms with E-state index < -0.39 is 10.0 Å². The summed E-state index contributed by atoms with van der Waals surface area (Å²) < 4.78 is 33.2. The molecule has 6 heteroatoms. The van der Waals surface area contributed by atoms with Gasteiger partial charge in [-0.2, -0.15) is 0 Å². The maximum atomic E-state index is 12.4. The Morgan fingerprint density at radius 1 is 0.778 bits per heavy atom. The number of sulfonamides is 1. The summed E-state index contributed by atoms with van der Waals surface area (Å²) in [6, 6.07) is 24.6. The zero-order valence-corrected chi connectivity index (χ0v) is 15.1. The predicted molar refractivity (Wildman–Crippen MR) is 106 cm³/mol. The molecule has 0 saturated carbocycles. The second-order valence-electron chi connectivity index (χ2n) is 5.88. The molecule has 4 rings (SSSR count). The summed E-state index contributed by atoms with van der Waals surface area (Å²) >= 11 is 0. The molecule has 134 valence electrons. The van der Waals surface area contributed by atoms with Gasteiger partial charge >= 0.3 is 0 Å². The van der Waals surface area contributed by atoms with Crippen molar-refractivity contribution in [2.75, 3.05) is 4.72 Å². The smallest absolute Gasteiger partial charge is 0.261 e. The molecular weight excluding hydrogens is 360 g/mol. The fourth-order valence-electron chi connectivity index (χ4n) is 2.69. The quantitative estimate of drug-likeness (QED) is 0.542. The van der Waals surface area contributed by atoms with Gasteiger partial charge in [0.15, 0.2) is 5.75 Å². The zero-order valence-electron chi connectivity index (χ0n) is 14.2. The highest BCUT2D eigenvalue weighted by molar-refractivity contribution is 7.92. The van der Waals surface area contributed by atoms with E-state index in [1.807, 2.05) is 30.3 Å². The third-order valence-electron chi connectivity index (χ3n) is 3.98. The first kappa shape index (κ1) is 17.1. The first-order chi connectivity index (χ1) is 13.1. The molecule has 0 bridgehead atoms. The van der Waals surface area contributed by atoms with E-state index in [1.165, 1.54) is 0 Å². The van der Waals surface area contributed by atoms with Crippen molar-refractivity contribution in [3.63, 3.8) is 0 Å². The Bertz CT molecular complexity index is 1170. The highest BCUT2D eigenvalue weighted by Crippen LogP contribution is 2.29. The molecule has 3 aromatic carbocycles. The second-order valence-corrected chi connectivity index (χ2v) is 7.56. The number of fused-ring (bicyclic) bond motifs is 1. The van der Waals surface area contributed by atoms with Crippen LogP contribution in [0, 0.1) is 0 Å². The Morgan fingerprint density at radius 3 is 2.30 bits per heavy atom. The second kappa shape index (κ2) is 7.09. The zero-order chi connectivity index (χ0) is 18.7. The minimum atomic E-state index is -3.61. The van der Waals surface area contributed by atoms with Crippen molar-refractivity contribution >= 4 is 26.6 Å². The van der Waals surface area contributed by atoms with E-state index in [1.54, 1.807) is 60.8 Å². The van der Waals surface area contributed by atoms with Crippen molar-refractivity contribution in [1.29, 1.82) is 0 Å². The van der Waals surface area contributed by atoms with Gasteiger partial charge in [0.2, 0.25) is 0 Å². The fourth-order valence-corrected chi connectivity index (χ4v) is 3.77. The number of ether oxygens (including phenoxy) is 1. The lowest BCUT2D eigenvalue weighted by atomic mass is 10.2. The molecule has 0 unspecified atom stereocenters. The summed E-state index contributed by atoms with van der Waals surface area (Å²) in [6.45, 7) is 0. The Hall–Kier alpha value is -3.38. The lowest BCUT2D eigenvalue weighted by Gasteiger charge is -2.10. The minimum Gasteiger partial charge on any atom is -0.455 e. The molecule has 0 radical (unpaired) electrons. The third kappa shape index (κ3) is 3.75. The highest BCUT2D eigenvalue weighted by atomic mass is 32.2. The van der Waals surface area contributed by atoms with Gasteiger partial charge in [-0.1, -0.05) is 36.4 Å². The van der Waals surface area contributed by atoms with E-state index in [2.05, 4.69) is 9.71 Å². The molecule has 1 N–H and O–H groups in total. The lowest BCUT2D eigenvalue weighted by molar-refractivity contribution is 0.487. The lowest BCUT2D eigenvalue weighted by Crippen LogP contribution is -2.12. The number of hydrogen-bond acceptors (Lipinski definition) is 4. The van der Waals surface area contributed by atoms with Crippen molar-refractivity contribution in [3.05, 3.63) is 91.1 Å². The molecule has 4 aromatic rings. The van der Waals surface area contributed by atoms with Crippen LogP contribution in [0.4, 0.5) is 5.69 Å². The van der Waals surface area contributed by atoms with Crippen LogP contribution in [0.2, 0.25) is 0 Å². The number of benzene rings is 3. The SMILES string of the molecule is O=S(=O)(Nc1ccc(Oc2cccc3cccnc23)cc1)c1ccccc1. The third-order valence-corrected chi connectivity index (χ3v) is 5.38. The number of aromatic nitrogens is 1. The van der Waals surface area contributed by atoms with Crippen LogP contribution < -0.4 is 9.46 Å². The summed E-state index contributed by atoms with van der Waals surface area (Å²) in [5, 5.41) is 0.988. The van der Waals surface area contributed by atoms with Crippen molar-refractivity contribution < 1.29 is 13.2 Å². The molecule has 0 aliphatic heterocycles. The highest BCUT2D eigenvalue weighted by Gasteiger charge is 2.13. The Labute approximate surface area is 157 Å². The first-order valence-electron chi connectivity index (χ1n) is 8.31. The van der Waals surface area contributed by atoms with Crippen LogP contribution in [-0.4, -0.2) is 13.4 Å². The minimum absolute atomic E-state index is 0.215. The van der Waals surface area contributed by atoms with Crippen LogP contribution in [0.1, 0.15) is 0 Å².